The number of carbonyl (C=O) groups is 3. The monoisotopic (exact) mass is 566 g/mol. The molecule has 0 aromatic heterocycles. The molecule has 0 spiro atoms. The van der Waals surface area contributed by atoms with Gasteiger partial charge in [0, 0.05) is 11.3 Å². The van der Waals surface area contributed by atoms with Crippen LogP contribution in [0.15, 0.2) is 23.0 Å². The van der Waals surface area contributed by atoms with Gasteiger partial charge in [-0.15, -0.1) is 0 Å². The van der Waals surface area contributed by atoms with Gasteiger partial charge in [-0.3, -0.25) is 9.59 Å². The maximum absolute atomic E-state index is 14.6. The van der Waals surface area contributed by atoms with Gasteiger partial charge in [0.25, 0.3) is 0 Å². The lowest BCUT2D eigenvalue weighted by Crippen LogP contribution is -2.75. The number of ketones is 1. The second-order valence-electron chi connectivity index (χ2n) is 15.3. The van der Waals surface area contributed by atoms with Gasteiger partial charge in [-0.2, -0.15) is 10.7 Å². The molecule has 5 aliphatic rings. The first kappa shape index (κ1) is 30.0. The second kappa shape index (κ2) is 9.00. The van der Waals surface area contributed by atoms with Crippen LogP contribution in [0.25, 0.3) is 0 Å². The van der Waals surface area contributed by atoms with E-state index in [4.69, 9.17) is 9.57 Å². The third kappa shape index (κ3) is 3.37. The summed E-state index contributed by atoms with van der Waals surface area (Å²) < 4.78 is 5.41. The van der Waals surface area contributed by atoms with Gasteiger partial charge in [-0.05, 0) is 86.5 Å². The molecular formula is C33H46N2O6. The van der Waals surface area contributed by atoms with Crippen molar-refractivity contribution in [1.82, 2.24) is 5.48 Å². The number of aldehydes is 1. The number of nitrogens with one attached hydrogen (secondary N) is 1. The molecule has 3 saturated carbocycles. The molecule has 8 nitrogen and oxygen atoms in total. The predicted molar refractivity (Wildman–Crippen MR) is 152 cm³/mol. The van der Waals surface area contributed by atoms with Gasteiger partial charge in [0.2, 0.25) is 0 Å². The Kier molecular flexibility index (Phi) is 6.58. The number of hydrogen-bond acceptors (Lipinski definition) is 8. The lowest BCUT2D eigenvalue weighted by molar-refractivity contribution is -0.198. The zero-order valence-corrected chi connectivity index (χ0v) is 25.9. The average molecular weight is 567 g/mol. The van der Waals surface area contributed by atoms with Gasteiger partial charge >= 0.3 is 5.97 Å². The van der Waals surface area contributed by atoms with Crippen molar-refractivity contribution >= 4 is 18.0 Å². The van der Waals surface area contributed by atoms with E-state index in [1.807, 2.05) is 6.92 Å². The summed E-state index contributed by atoms with van der Waals surface area (Å²) in [6, 6.07) is 2.15. The van der Waals surface area contributed by atoms with E-state index in [-0.39, 0.29) is 46.8 Å². The lowest BCUT2D eigenvalue weighted by atomic mass is 9.32. The maximum atomic E-state index is 14.6. The van der Waals surface area contributed by atoms with Crippen LogP contribution in [-0.4, -0.2) is 42.9 Å². The third-order valence-electron chi connectivity index (χ3n) is 13.3. The number of hydrogen-bond donors (Lipinski definition) is 2. The van der Waals surface area contributed by atoms with Gasteiger partial charge in [0.1, 0.15) is 17.5 Å². The molecule has 41 heavy (non-hydrogen) atoms. The Morgan fingerprint density at radius 1 is 1.05 bits per heavy atom. The van der Waals surface area contributed by atoms with Crippen molar-refractivity contribution in [3.05, 3.63) is 23.0 Å². The Morgan fingerprint density at radius 2 is 1.71 bits per heavy atom. The van der Waals surface area contributed by atoms with Crippen molar-refractivity contribution in [1.29, 1.82) is 5.26 Å². The number of aliphatic hydroxyl groups is 1. The average Bonchev–Trinajstić information content (AvgIpc) is 2.93. The highest BCUT2D eigenvalue weighted by Crippen LogP contribution is 2.76. The van der Waals surface area contributed by atoms with Crippen LogP contribution >= 0.6 is 0 Å². The summed E-state index contributed by atoms with van der Waals surface area (Å²) >= 11 is 0. The van der Waals surface area contributed by atoms with E-state index >= 15 is 0 Å². The molecule has 5 aliphatic carbocycles. The highest BCUT2D eigenvalue weighted by molar-refractivity contribution is 5.96. The number of allylic oxidation sites excluding steroid dienone is 2. The topological polar surface area (TPSA) is 126 Å². The molecule has 8 heteroatoms. The Labute approximate surface area is 243 Å². The van der Waals surface area contributed by atoms with E-state index in [0.717, 1.165) is 31.1 Å². The molecule has 0 radical (unpaired) electrons. The first-order chi connectivity index (χ1) is 19.0. The van der Waals surface area contributed by atoms with Gasteiger partial charge < -0.3 is 19.5 Å². The number of fused-ring (bicyclic) bond motifs is 7. The normalized spacial score (nSPS) is 46.6. The quantitative estimate of drug-likeness (QED) is 0.258. The van der Waals surface area contributed by atoms with Crippen LogP contribution in [0.1, 0.15) is 92.9 Å². The molecule has 0 bridgehead atoms. The molecule has 0 amide bonds. The molecule has 224 valence electrons. The number of nitrogens with zero attached hydrogens (tertiary/aromatic N) is 1. The van der Waals surface area contributed by atoms with Crippen LogP contribution in [0.5, 0.6) is 0 Å². The lowest BCUT2D eigenvalue weighted by Gasteiger charge is -2.71. The Hall–Kier alpha value is -2.50. The summed E-state index contributed by atoms with van der Waals surface area (Å²) in [5.41, 5.74) is -0.825. The molecule has 3 fully saturated rings. The van der Waals surface area contributed by atoms with Crippen molar-refractivity contribution in [2.24, 2.45) is 44.3 Å². The van der Waals surface area contributed by atoms with Gasteiger partial charge in [-0.25, -0.2) is 0 Å². The zero-order valence-electron chi connectivity index (χ0n) is 25.9. The van der Waals surface area contributed by atoms with Crippen LogP contribution in [0.2, 0.25) is 0 Å². The fraction of sp³-hybridized carbons (Fsp3) is 0.758. The van der Waals surface area contributed by atoms with E-state index < -0.39 is 32.6 Å². The molecule has 0 heterocycles. The van der Waals surface area contributed by atoms with Crippen LogP contribution in [0, 0.1) is 55.7 Å². The van der Waals surface area contributed by atoms with E-state index in [1.54, 1.807) is 13.0 Å². The summed E-state index contributed by atoms with van der Waals surface area (Å²) in [7, 11) is 2.95. The van der Waals surface area contributed by atoms with Crippen LogP contribution in [-0.2, 0) is 24.0 Å². The van der Waals surface area contributed by atoms with Crippen molar-refractivity contribution in [2.75, 3.05) is 14.2 Å². The number of esters is 1. The summed E-state index contributed by atoms with van der Waals surface area (Å²) in [5.74, 6) is -0.912. The summed E-state index contributed by atoms with van der Waals surface area (Å²) in [5, 5.41) is 21.3. The van der Waals surface area contributed by atoms with Crippen LogP contribution in [0.3, 0.4) is 0 Å². The summed E-state index contributed by atoms with van der Waals surface area (Å²) in [4.78, 5) is 46.5. The summed E-state index contributed by atoms with van der Waals surface area (Å²) in [6.07, 6.45) is 7.57. The Balaban J connectivity index is 1.75. The van der Waals surface area contributed by atoms with Crippen molar-refractivity contribution in [2.45, 2.75) is 98.4 Å². The molecule has 0 aliphatic heterocycles. The molecular weight excluding hydrogens is 520 g/mol. The van der Waals surface area contributed by atoms with Gasteiger partial charge in [-0.1, -0.05) is 40.2 Å². The summed E-state index contributed by atoms with van der Waals surface area (Å²) in [6.45, 7) is 12.6. The fourth-order valence-electron chi connectivity index (χ4n) is 10.7. The number of hydroxylamine groups is 1. The smallest absolute Gasteiger partial charge is 0.312 e. The number of nitriles is 1. The first-order valence-electron chi connectivity index (χ1n) is 15.0. The Morgan fingerprint density at radius 3 is 2.29 bits per heavy atom. The number of methoxy groups -OCH3 is 1. The second-order valence-corrected chi connectivity index (χ2v) is 15.3. The minimum Gasteiger partial charge on any atom is -0.510 e. The predicted octanol–water partition coefficient (Wildman–Crippen LogP) is 5.54. The number of ether oxygens (including phenoxy) is 1. The van der Waals surface area contributed by atoms with Crippen LogP contribution < -0.4 is 5.48 Å². The third-order valence-corrected chi connectivity index (χ3v) is 13.3. The van der Waals surface area contributed by atoms with E-state index in [9.17, 15) is 24.8 Å². The molecule has 8 atom stereocenters. The SMILES string of the molecule is CON[C@@]12CC[C@]3(C)C(=CC(=O)[C@@H]4[C@@H]5CC(C)(C)CC[C@]5(C(=O)OC)CC[C@]43C)[C@@]1(C)CC(C#N)=C(O)[C@@]2(C)C=O. The van der Waals surface area contributed by atoms with Crippen LogP contribution in [0.4, 0.5) is 0 Å². The van der Waals surface area contributed by atoms with Crippen molar-refractivity contribution in [3.63, 3.8) is 0 Å². The zero-order chi connectivity index (χ0) is 30.4. The molecule has 0 saturated heterocycles. The van der Waals surface area contributed by atoms with Crippen molar-refractivity contribution in [3.8, 4) is 6.07 Å². The molecule has 0 aromatic rings. The fourth-order valence-corrected chi connectivity index (χ4v) is 10.7. The number of rotatable bonds is 4. The molecule has 5 rings (SSSR count). The standard InChI is InChI=1S/C33H46N2O6/c1-27(2)9-12-32(26(39)40-7)13-10-29(4)24(21(32)17-27)22(37)15-23-28(29,3)11-14-33(35-41-8)30(23,5)16-20(18-34)25(38)31(33,6)19-36/h15,19,21,24,35,38H,9-14,16-17H2,1-8H3/t21-,24-,28+,29+,30+,31+,32-,33-/m0/s1. The molecule has 2 N–H and O–H groups in total. The van der Waals surface area contributed by atoms with E-state index in [0.29, 0.717) is 25.7 Å². The maximum Gasteiger partial charge on any atom is 0.312 e. The van der Waals surface area contributed by atoms with Crippen molar-refractivity contribution < 1.29 is 29.1 Å². The first-order valence-corrected chi connectivity index (χ1v) is 15.0. The highest BCUT2D eigenvalue weighted by Gasteiger charge is 2.75. The molecule has 0 unspecified atom stereocenters. The number of aliphatic hydroxyl groups excluding tert-OH is 1. The van der Waals surface area contributed by atoms with Gasteiger partial charge in [0.15, 0.2) is 5.78 Å². The molecule has 0 aromatic carbocycles. The highest BCUT2D eigenvalue weighted by atomic mass is 16.6. The minimum atomic E-state index is -1.45. The van der Waals surface area contributed by atoms with Gasteiger partial charge in [0.05, 0.1) is 36.8 Å². The minimum absolute atomic E-state index is 0.000853. The largest absolute Gasteiger partial charge is 0.510 e. The van der Waals surface area contributed by atoms with E-state index in [1.165, 1.54) is 14.2 Å². The number of carbonyl (C=O) groups excluding carboxylic acids is 3. The van der Waals surface area contributed by atoms with E-state index in [2.05, 4.69) is 39.2 Å². The Bertz CT molecular complexity index is 1310.